The molecule has 1 N–H and O–H groups in total. The lowest BCUT2D eigenvalue weighted by Gasteiger charge is -2.22. The monoisotopic (exact) mass is 292 g/mol. The molecule has 5 nitrogen and oxygen atoms in total. The third-order valence-electron chi connectivity index (χ3n) is 3.65. The second-order valence-corrected chi connectivity index (χ2v) is 5.27. The topological polar surface area (TPSA) is 50.8 Å². The Morgan fingerprint density at radius 1 is 1.33 bits per heavy atom. The van der Waals surface area contributed by atoms with Crippen LogP contribution in [0.25, 0.3) is 0 Å². The first kappa shape index (κ1) is 15.6. The van der Waals surface area contributed by atoms with Crippen LogP contribution < -0.4 is 14.8 Å². The zero-order chi connectivity index (χ0) is 15.2. The van der Waals surface area contributed by atoms with Crippen molar-refractivity contribution in [2.24, 2.45) is 0 Å². The van der Waals surface area contributed by atoms with Crippen molar-refractivity contribution >= 4 is 5.91 Å². The highest BCUT2D eigenvalue weighted by Crippen LogP contribution is 2.31. The molecule has 1 saturated carbocycles. The molecule has 5 heteroatoms. The lowest BCUT2D eigenvalue weighted by atomic mass is 10.1. The number of methoxy groups -OCH3 is 2. The first-order valence-corrected chi connectivity index (χ1v) is 7.39. The standard InChI is InChI=1S/C16H24N2O3/c1-4-17-16(19)11-18(13-6-7-13)10-12-5-8-14(20-2)9-15(12)21-3/h5,8-9,13H,4,6-7,10-11H2,1-3H3,(H,17,19). The molecule has 21 heavy (non-hydrogen) atoms. The van der Waals surface area contributed by atoms with Gasteiger partial charge in [0.05, 0.1) is 20.8 Å². The summed E-state index contributed by atoms with van der Waals surface area (Å²) in [4.78, 5) is 14.0. The summed E-state index contributed by atoms with van der Waals surface area (Å²) >= 11 is 0. The number of carbonyl (C=O) groups excluding carboxylic acids is 1. The third kappa shape index (κ3) is 4.36. The summed E-state index contributed by atoms with van der Waals surface area (Å²) in [7, 11) is 3.30. The number of benzene rings is 1. The summed E-state index contributed by atoms with van der Waals surface area (Å²) in [6.45, 7) is 3.76. The second-order valence-electron chi connectivity index (χ2n) is 5.27. The van der Waals surface area contributed by atoms with Gasteiger partial charge in [-0.15, -0.1) is 0 Å². The Morgan fingerprint density at radius 2 is 2.10 bits per heavy atom. The molecule has 0 spiro atoms. The molecule has 0 bridgehead atoms. The largest absolute Gasteiger partial charge is 0.497 e. The van der Waals surface area contributed by atoms with Crippen molar-refractivity contribution in [3.63, 3.8) is 0 Å². The molecule has 116 valence electrons. The molecule has 1 aromatic carbocycles. The quantitative estimate of drug-likeness (QED) is 0.794. The fourth-order valence-corrected chi connectivity index (χ4v) is 2.39. The Balaban J connectivity index is 2.07. The number of carbonyl (C=O) groups is 1. The first-order valence-electron chi connectivity index (χ1n) is 7.39. The molecule has 0 aromatic heterocycles. The maximum atomic E-state index is 11.8. The Hall–Kier alpha value is -1.75. The fourth-order valence-electron chi connectivity index (χ4n) is 2.39. The highest BCUT2D eigenvalue weighted by molar-refractivity contribution is 5.78. The molecule has 0 atom stereocenters. The molecule has 1 aromatic rings. The molecule has 0 radical (unpaired) electrons. The van der Waals surface area contributed by atoms with Gasteiger partial charge in [-0.3, -0.25) is 9.69 Å². The molecule has 0 saturated heterocycles. The Bertz CT molecular complexity index is 486. The lowest BCUT2D eigenvalue weighted by Crippen LogP contribution is -2.38. The SMILES string of the molecule is CCNC(=O)CN(Cc1ccc(OC)cc1OC)C1CC1. The van der Waals surface area contributed by atoms with Gasteiger partial charge in [0, 0.05) is 30.8 Å². The van der Waals surface area contributed by atoms with E-state index in [-0.39, 0.29) is 5.91 Å². The molecule has 1 amide bonds. The number of ether oxygens (including phenoxy) is 2. The van der Waals surface area contributed by atoms with Crippen molar-refractivity contribution in [3.8, 4) is 11.5 Å². The van der Waals surface area contributed by atoms with Crippen LogP contribution in [-0.4, -0.2) is 44.2 Å². The number of nitrogens with zero attached hydrogens (tertiary/aromatic N) is 1. The summed E-state index contributed by atoms with van der Waals surface area (Å²) < 4.78 is 10.6. The zero-order valence-corrected chi connectivity index (χ0v) is 13.0. The summed E-state index contributed by atoms with van der Waals surface area (Å²) in [6, 6.07) is 6.33. The van der Waals surface area contributed by atoms with Crippen LogP contribution in [0.15, 0.2) is 18.2 Å². The van der Waals surface area contributed by atoms with Crippen molar-refractivity contribution in [2.45, 2.75) is 32.4 Å². The van der Waals surface area contributed by atoms with Crippen molar-refractivity contribution in [2.75, 3.05) is 27.3 Å². The van der Waals surface area contributed by atoms with E-state index >= 15 is 0 Å². The lowest BCUT2D eigenvalue weighted by molar-refractivity contribution is -0.122. The Morgan fingerprint density at radius 3 is 2.67 bits per heavy atom. The normalized spacial score (nSPS) is 14.1. The maximum Gasteiger partial charge on any atom is 0.234 e. The smallest absolute Gasteiger partial charge is 0.234 e. The molecule has 1 fully saturated rings. The Kier molecular flexibility index (Phi) is 5.44. The van der Waals surface area contributed by atoms with Crippen molar-refractivity contribution in [1.82, 2.24) is 10.2 Å². The fraction of sp³-hybridized carbons (Fsp3) is 0.562. The van der Waals surface area contributed by atoms with Gasteiger partial charge in [0.2, 0.25) is 5.91 Å². The van der Waals surface area contributed by atoms with Crippen LogP contribution in [0.3, 0.4) is 0 Å². The minimum atomic E-state index is 0.0804. The van der Waals surface area contributed by atoms with Gasteiger partial charge < -0.3 is 14.8 Å². The number of likely N-dealkylation sites (N-methyl/N-ethyl adjacent to an activating group) is 1. The van der Waals surface area contributed by atoms with Crippen LogP contribution in [0, 0.1) is 0 Å². The average molecular weight is 292 g/mol. The van der Waals surface area contributed by atoms with Gasteiger partial charge in [0.25, 0.3) is 0 Å². The van der Waals surface area contributed by atoms with E-state index in [0.29, 0.717) is 19.1 Å². The highest BCUT2D eigenvalue weighted by atomic mass is 16.5. The van der Waals surface area contributed by atoms with E-state index in [1.165, 1.54) is 0 Å². The summed E-state index contributed by atoms with van der Waals surface area (Å²) in [6.07, 6.45) is 2.33. The predicted octanol–water partition coefficient (Wildman–Crippen LogP) is 1.80. The number of hydrogen-bond acceptors (Lipinski definition) is 4. The van der Waals surface area contributed by atoms with Crippen LogP contribution in [0.2, 0.25) is 0 Å². The van der Waals surface area contributed by atoms with Gasteiger partial charge >= 0.3 is 0 Å². The molecule has 0 heterocycles. The predicted molar refractivity (Wildman–Crippen MR) is 81.7 cm³/mol. The number of nitrogens with one attached hydrogen (secondary N) is 1. The highest BCUT2D eigenvalue weighted by Gasteiger charge is 2.30. The average Bonchev–Trinajstić information content (AvgIpc) is 3.31. The van der Waals surface area contributed by atoms with E-state index in [2.05, 4.69) is 10.2 Å². The van der Waals surface area contributed by atoms with Crippen LogP contribution >= 0.6 is 0 Å². The van der Waals surface area contributed by atoms with E-state index in [9.17, 15) is 4.79 Å². The number of hydrogen-bond donors (Lipinski definition) is 1. The minimum absolute atomic E-state index is 0.0804. The second kappa shape index (κ2) is 7.31. The molecule has 0 unspecified atom stereocenters. The Labute approximate surface area is 126 Å². The molecule has 2 rings (SSSR count). The molecule has 1 aliphatic rings. The minimum Gasteiger partial charge on any atom is -0.497 e. The van der Waals surface area contributed by atoms with Crippen molar-refractivity contribution in [1.29, 1.82) is 0 Å². The molecule has 1 aliphatic carbocycles. The number of rotatable bonds is 8. The van der Waals surface area contributed by atoms with Gasteiger partial charge in [0.15, 0.2) is 0 Å². The van der Waals surface area contributed by atoms with E-state index in [4.69, 9.17) is 9.47 Å². The summed E-state index contributed by atoms with van der Waals surface area (Å²) in [5.41, 5.74) is 1.08. The van der Waals surface area contributed by atoms with Crippen LogP contribution in [-0.2, 0) is 11.3 Å². The maximum absolute atomic E-state index is 11.8. The third-order valence-corrected chi connectivity index (χ3v) is 3.65. The van der Waals surface area contributed by atoms with Crippen LogP contribution in [0.5, 0.6) is 11.5 Å². The van der Waals surface area contributed by atoms with Gasteiger partial charge in [-0.2, -0.15) is 0 Å². The number of amides is 1. The van der Waals surface area contributed by atoms with Crippen molar-refractivity contribution < 1.29 is 14.3 Å². The van der Waals surface area contributed by atoms with Crippen molar-refractivity contribution in [3.05, 3.63) is 23.8 Å². The van der Waals surface area contributed by atoms with E-state index < -0.39 is 0 Å². The van der Waals surface area contributed by atoms with Crippen LogP contribution in [0.4, 0.5) is 0 Å². The van der Waals surface area contributed by atoms with Gasteiger partial charge in [-0.05, 0) is 25.8 Å². The molecule has 0 aliphatic heterocycles. The molecular formula is C16H24N2O3. The summed E-state index contributed by atoms with van der Waals surface area (Å²) in [5.74, 6) is 1.66. The summed E-state index contributed by atoms with van der Waals surface area (Å²) in [5, 5.41) is 2.86. The van der Waals surface area contributed by atoms with Gasteiger partial charge in [0.1, 0.15) is 11.5 Å². The van der Waals surface area contributed by atoms with E-state index in [1.54, 1.807) is 14.2 Å². The van der Waals surface area contributed by atoms with E-state index in [0.717, 1.165) is 36.4 Å². The zero-order valence-electron chi connectivity index (χ0n) is 13.0. The first-order chi connectivity index (χ1) is 10.2. The van der Waals surface area contributed by atoms with Gasteiger partial charge in [-0.1, -0.05) is 6.07 Å². The van der Waals surface area contributed by atoms with Gasteiger partial charge in [-0.25, -0.2) is 0 Å². The van der Waals surface area contributed by atoms with E-state index in [1.807, 2.05) is 25.1 Å². The van der Waals surface area contributed by atoms with Crippen LogP contribution in [0.1, 0.15) is 25.3 Å². The molecular weight excluding hydrogens is 268 g/mol.